The summed E-state index contributed by atoms with van der Waals surface area (Å²) in [6.45, 7) is 0. The van der Waals surface area contributed by atoms with Crippen LogP contribution in [0.25, 0.3) is 0 Å². The first-order valence-electron chi connectivity index (χ1n) is 4.59. The summed E-state index contributed by atoms with van der Waals surface area (Å²) in [4.78, 5) is 12.7. The summed E-state index contributed by atoms with van der Waals surface area (Å²) in [6, 6.07) is 0. The van der Waals surface area contributed by atoms with Gasteiger partial charge in [-0.3, -0.25) is 4.99 Å². The summed E-state index contributed by atoms with van der Waals surface area (Å²) in [5, 5.41) is 4.78. The Kier molecular flexibility index (Phi) is 2.37. The second-order valence-electron chi connectivity index (χ2n) is 3.09. The zero-order valence-corrected chi connectivity index (χ0v) is 9.74. The summed E-state index contributed by atoms with van der Waals surface area (Å²) < 4.78 is 4.90. The lowest BCUT2D eigenvalue weighted by Gasteiger charge is -2.23. The van der Waals surface area contributed by atoms with Crippen molar-refractivity contribution in [2.24, 2.45) is 4.99 Å². The molecule has 1 aliphatic heterocycles. The Hall–Kier alpha value is -1.40. The van der Waals surface area contributed by atoms with Crippen LogP contribution in [0.3, 0.4) is 0 Å². The molecule has 1 atom stereocenters. The molecule has 16 heavy (non-hydrogen) atoms. The second-order valence-corrected chi connectivity index (χ2v) is 5.14. The van der Waals surface area contributed by atoms with Crippen molar-refractivity contribution < 1.29 is 4.42 Å². The van der Waals surface area contributed by atoms with Crippen LogP contribution in [0.5, 0.6) is 0 Å². The van der Waals surface area contributed by atoms with Crippen LogP contribution in [-0.4, -0.2) is 16.2 Å². The molecule has 0 spiro atoms. The largest absolute Gasteiger partial charge is 0.447 e. The molecule has 2 aromatic rings. The molecular weight excluding hydrogens is 242 g/mol. The number of thiazole rings is 1. The number of aliphatic imine (C=N–C) groups is 1. The number of oxazole rings is 1. The van der Waals surface area contributed by atoms with E-state index in [0.29, 0.717) is 5.89 Å². The first-order chi connectivity index (χ1) is 7.92. The van der Waals surface area contributed by atoms with E-state index in [4.69, 9.17) is 4.42 Å². The predicted octanol–water partition coefficient (Wildman–Crippen LogP) is 2.66. The van der Waals surface area contributed by atoms with Gasteiger partial charge in [-0.2, -0.15) is 0 Å². The fourth-order valence-corrected chi connectivity index (χ4v) is 3.27. The first kappa shape index (κ1) is 9.80. The van der Waals surface area contributed by atoms with E-state index < -0.39 is 4.75 Å². The summed E-state index contributed by atoms with van der Waals surface area (Å²) in [5.74, 6) is 0.612. The molecule has 0 N–H and O–H groups in total. The van der Waals surface area contributed by atoms with Gasteiger partial charge in [0.05, 0.1) is 6.20 Å². The zero-order valence-electron chi connectivity index (χ0n) is 8.11. The molecule has 2 aromatic heterocycles. The summed E-state index contributed by atoms with van der Waals surface area (Å²) >= 11 is 3.16. The molecule has 0 bridgehead atoms. The Morgan fingerprint density at radius 2 is 2.25 bits per heavy atom. The molecule has 0 aliphatic carbocycles. The van der Waals surface area contributed by atoms with Crippen LogP contribution in [0.1, 0.15) is 10.9 Å². The van der Waals surface area contributed by atoms with Crippen LogP contribution in [0.4, 0.5) is 0 Å². The molecule has 3 heterocycles. The molecule has 0 radical (unpaired) electrons. The molecule has 0 fully saturated rings. The van der Waals surface area contributed by atoms with Gasteiger partial charge in [-0.25, -0.2) is 9.97 Å². The molecule has 4 nitrogen and oxygen atoms in total. The van der Waals surface area contributed by atoms with Gasteiger partial charge >= 0.3 is 0 Å². The van der Waals surface area contributed by atoms with Crippen LogP contribution in [0.2, 0.25) is 0 Å². The molecule has 1 unspecified atom stereocenters. The standard InChI is InChI=1S/C10H7N3OS2/c1-4-14-8(12-1)10(7-11-2-6-16-10)9-13-3-5-15-9/h1-7H. The van der Waals surface area contributed by atoms with E-state index in [1.165, 1.54) is 0 Å². The number of nitrogens with zero attached hydrogens (tertiary/aromatic N) is 3. The normalized spacial score (nSPS) is 23.8. The molecule has 3 rings (SSSR count). The number of hydrogen-bond acceptors (Lipinski definition) is 6. The minimum atomic E-state index is -0.508. The lowest BCUT2D eigenvalue weighted by Crippen LogP contribution is -2.26. The van der Waals surface area contributed by atoms with Crippen LogP contribution in [0, 0.1) is 0 Å². The Balaban J connectivity index is 2.16. The molecule has 80 valence electrons. The monoisotopic (exact) mass is 249 g/mol. The van der Waals surface area contributed by atoms with Crippen molar-refractivity contribution in [2.45, 2.75) is 4.75 Å². The van der Waals surface area contributed by atoms with Crippen LogP contribution in [0.15, 0.2) is 45.1 Å². The topological polar surface area (TPSA) is 51.3 Å². The second kappa shape index (κ2) is 3.88. The molecular formula is C10H7N3OS2. The highest BCUT2D eigenvalue weighted by atomic mass is 32.2. The quantitative estimate of drug-likeness (QED) is 0.821. The van der Waals surface area contributed by atoms with Crippen molar-refractivity contribution in [3.05, 3.63) is 46.5 Å². The molecule has 0 aromatic carbocycles. The van der Waals surface area contributed by atoms with Gasteiger partial charge in [0.1, 0.15) is 11.3 Å². The van der Waals surface area contributed by atoms with E-state index in [-0.39, 0.29) is 0 Å². The van der Waals surface area contributed by atoms with Crippen LogP contribution >= 0.6 is 23.1 Å². The molecule has 0 saturated carbocycles. The third-order valence-electron chi connectivity index (χ3n) is 2.16. The van der Waals surface area contributed by atoms with Gasteiger partial charge in [0.15, 0.2) is 4.75 Å². The lowest BCUT2D eigenvalue weighted by molar-refractivity contribution is 0.488. The van der Waals surface area contributed by atoms with Crippen molar-refractivity contribution in [1.82, 2.24) is 9.97 Å². The van der Waals surface area contributed by atoms with Gasteiger partial charge in [-0.15, -0.1) is 23.1 Å². The van der Waals surface area contributed by atoms with Gasteiger partial charge < -0.3 is 4.42 Å². The molecule has 0 amide bonds. The highest BCUT2D eigenvalue weighted by Gasteiger charge is 2.40. The van der Waals surface area contributed by atoms with Gasteiger partial charge in [0.25, 0.3) is 0 Å². The predicted molar refractivity (Wildman–Crippen MR) is 64.6 cm³/mol. The minimum absolute atomic E-state index is 0.508. The number of aromatic nitrogens is 2. The average molecular weight is 249 g/mol. The van der Waals surface area contributed by atoms with Crippen molar-refractivity contribution in [3.63, 3.8) is 0 Å². The smallest absolute Gasteiger partial charge is 0.223 e. The van der Waals surface area contributed by atoms with Crippen molar-refractivity contribution in [3.8, 4) is 0 Å². The maximum Gasteiger partial charge on any atom is 0.223 e. The fourth-order valence-electron chi connectivity index (χ4n) is 1.47. The maximum atomic E-state index is 5.41. The maximum absolute atomic E-state index is 5.41. The number of hydrogen-bond donors (Lipinski definition) is 0. The van der Waals surface area contributed by atoms with Gasteiger partial charge in [-0.1, -0.05) is 0 Å². The van der Waals surface area contributed by atoms with Gasteiger partial charge in [0, 0.05) is 24.0 Å². The van der Waals surface area contributed by atoms with Gasteiger partial charge in [-0.05, 0) is 5.41 Å². The summed E-state index contributed by atoms with van der Waals surface area (Å²) in [6.07, 6.45) is 8.55. The third-order valence-corrected chi connectivity index (χ3v) is 4.30. The Labute approximate surface area is 100 Å². The highest BCUT2D eigenvalue weighted by molar-refractivity contribution is 8.04. The Morgan fingerprint density at radius 1 is 1.25 bits per heavy atom. The lowest BCUT2D eigenvalue weighted by atomic mass is 10.1. The van der Waals surface area contributed by atoms with Crippen molar-refractivity contribution in [1.29, 1.82) is 0 Å². The first-order valence-corrected chi connectivity index (χ1v) is 6.35. The SMILES string of the molecule is C1=CSC(c2ncco2)(c2nccs2)C=N1. The van der Waals surface area contributed by atoms with E-state index in [1.54, 1.807) is 48.0 Å². The minimum Gasteiger partial charge on any atom is -0.447 e. The van der Waals surface area contributed by atoms with Crippen LogP contribution < -0.4 is 0 Å². The zero-order chi connectivity index (χ0) is 10.8. The fraction of sp³-hybridized carbons (Fsp3) is 0.100. The summed E-state index contributed by atoms with van der Waals surface area (Å²) in [7, 11) is 0. The van der Waals surface area contributed by atoms with E-state index >= 15 is 0 Å². The van der Waals surface area contributed by atoms with E-state index in [1.807, 2.05) is 17.0 Å². The highest BCUT2D eigenvalue weighted by Crippen LogP contribution is 2.43. The van der Waals surface area contributed by atoms with E-state index in [0.717, 1.165) is 5.01 Å². The third kappa shape index (κ3) is 1.42. The Bertz CT molecular complexity index is 482. The van der Waals surface area contributed by atoms with Gasteiger partial charge in [0.2, 0.25) is 5.89 Å². The molecule has 1 aliphatic rings. The number of rotatable bonds is 2. The average Bonchev–Trinajstić information content (AvgIpc) is 3.04. The molecule has 0 saturated heterocycles. The Morgan fingerprint density at radius 3 is 2.88 bits per heavy atom. The van der Waals surface area contributed by atoms with Crippen molar-refractivity contribution in [2.75, 3.05) is 0 Å². The van der Waals surface area contributed by atoms with Crippen LogP contribution in [-0.2, 0) is 4.75 Å². The van der Waals surface area contributed by atoms with E-state index in [9.17, 15) is 0 Å². The summed E-state index contributed by atoms with van der Waals surface area (Å²) in [5.41, 5.74) is 0. The molecule has 6 heteroatoms. The van der Waals surface area contributed by atoms with Crippen molar-refractivity contribution >= 4 is 29.3 Å². The number of thioether (sulfide) groups is 1. The van der Waals surface area contributed by atoms with E-state index in [2.05, 4.69) is 15.0 Å².